The molecule has 0 unspecified atom stereocenters. The number of hydrogen-bond donors (Lipinski definition) is 1. The summed E-state index contributed by atoms with van der Waals surface area (Å²) >= 11 is 0. The van der Waals surface area contributed by atoms with Gasteiger partial charge in [0.05, 0.1) is 18.2 Å². The first-order chi connectivity index (χ1) is 9.69. The molecule has 1 aromatic rings. The van der Waals surface area contributed by atoms with Crippen LogP contribution in [0.2, 0.25) is 0 Å². The number of nitrogens with one attached hydrogen (secondary N) is 1. The highest BCUT2D eigenvalue weighted by molar-refractivity contribution is 5.94. The molecule has 0 radical (unpaired) electrons. The van der Waals surface area contributed by atoms with Crippen LogP contribution < -0.4 is 5.32 Å². The first kappa shape index (κ1) is 13.8. The van der Waals surface area contributed by atoms with E-state index in [9.17, 15) is 9.59 Å². The minimum absolute atomic E-state index is 0.108. The highest BCUT2D eigenvalue weighted by Crippen LogP contribution is 2.06. The number of rotatable bonds is 2. The van der Waals surface area contributed by atoms with E-state index in [-0.39, 0.29) is 18.4 Å². The summed E-state index contributed by atoms with van der Waals surface area (Å²) in [7, 11) is 0. The van der Waals surface area contributed by atoms with Gasteiger partial charge in [-0.25, -0.2) is 0 Å². The molecule has 2 rings (SSSR count). The Kier molecular flexibility index (Phi) is 4.51. The second-order valence-corrected chi connectivity index (χ2v) is 4.53. The highest BCUT2D eigenvalue weighted by Gasteiger charge is 2.17. The molecular weight excluding hydrogens is 254 g/mol. The molecule has 0 bridgehead atoms. The predicted molar refractivity (Wildman–Crippen MR) is 74.4 cm³/mol. The SMILES string of the molecule is N#Cc1ccc(C=CC(=O)N2CCCNC(=O)C2)cc1. The number of nitrogens with zero attached hydrogens (tertiary/aromatic N) is 2. The summed E-state index contributed by atoms with van der Waals surface area (Å²) < 4.78 is 0. The van der Waals surface area contributed by atoms with Crippen LogP contribution in [0.15, 0.2) is 30.3 Å². The van der Waals surface area contributed by atoms with E-state index >= 15 is 0 Å². The molecule has 1 heterocycles. The van der Waals surface area contributed by atoms with Crippen LogP contribution in [0, 0.1) is 11.3 Å². The van der Waals surface area contributed by atoms with Gasteiger partial charge in [0.15, 0.2) is 0 Å². The molecular formula is C15H15N3O2. The standard InChI is InChI=1S/C15H15N3O2/c16-10-13-4-2-12(3-5-13)6-7-15(20)18-9-1-8-17-14(19)11-18/h2-7H,1,8-9,11H2,(H,17,19). The molecule has 102 valence electrons. The molecule has 0 saturated carbocycles. The molecule has 1 N–H and O–H groups in total. The third-order valence-electron chi connectivity index (χ3n) is 3.03. The Hall–Kier alpha value is -2.61. The van der Waals surface area contributed by atoms with Gasteiger partial charge < -0.3 is 10.2 Å². The van der Waals surface area contributed by atoms with Gasteiger partial charge in [-0.1, -0.05) is 12.1 Å². The maximum Gasteiger partial charge on any atom is 0.247 e. The van der Waals surface area contributed by atoms with Gasteiger partial charge in [-0.3, -0.25) is 9.59 Å². The Balaban J connectivity index is 2.00. The van der Waals surface area contributed by atoms with E-state index in [1.807, 2.05) is 6.07 Å². The summed E-state index contributed by atoms with van der Waals surface area (Å²) in [5.74, 6) is -0.297. The van der Waals surface area contributed by atoms with Crippen molar-refractivity contribution >= 4 is 17.9 Å². The molecule has 5 heteroatoms. The second-order valence-electron chi connectivity index (χ2n) is 4.53. The van der Waals surface area contributed by atoms with Crippen LogP contribution >= 0.6 is 0 Å². The third kappa shape index (κ3) is 3.69. The van der Waals surface area contributed by atoms with Gasteiger partial charge in [0.25, 0.3) is 0 Å². The van der Waals surface area contributed by atoms with Crippen LogP contribution in [0.25, 0.3) is 6.08 Å². The average Bonchev–Trinajstić information content (AvgIpc) is 2.70. The quantitative estimate of drug-likeness (QED) is 0.811. The van der Waals surface area contributed by atoms with E-state index in [1.165, 1.54) is 11.0 Å². The summed E-state index contributed by atoms with van der Waals surface area (Å²) in [5, 5.41) is 11.4. The van der Waals surface area contributed by atoms with Crippen molar-refractivity contribution in [1.29, 1.82) is 5.26 Å². The molecule has 1 aliphatic rings. The van der Waals surface area contributed by atoms with Crippen molar-refractivity contribution in [2.45, 2.75) is 6.42 Å². The number of amides is 2. The zero-order chi connectivity index (χ0) is 14.4. The Morgan fingerprint density at radius 2 is 2.10 bits per heavy atom. The van der Waals surface area contributed by atoms with Gasteiger partial charge in [-0.2, -0.15) is 5.26 Å². The molecule has 0 spiro atoms. The number of carbonyl (C=O) groups excluding carboxylic acids is 2. The first-order valence-electron chi connectivity index (χ1n) is 6.43. The van der Waals surface area contributed by atoms with Crippen LogP contribution in [0.4, 0.5) is 0 Å². The van der Waals surface area contributed by atoms with Crippen molar-refractivity contribution in [2.24, 2.45) is 0 Å². The lowest BCUT2D eigenvalue weighted by molar-refractivity contribution is -0.131. The number of carbonyl (C=O) groups is 2. The van der Waals surface area contributed by atoms with E-state index < -0.39 is 0 Å². The second kappa shape index (κ2) is 6.53. The van der Waals surface area contributed by atoms with Crippen molar-refractivity contribution in [3.63, 3.8) is 0 Å². The summed E-state index contributed by atoms with van der Waals surface area (Å²) in [4.78, 5) is 24.9. The lowest BCUT2D eigenvalue weighted by atomic mass is 10.1. The minimum Gasteiger partial charge on any atom is -0.354 e. The zero-order valence-electron chi connectivity index (χ0n) is 11.0. The zero-order valence-corrected chi connectivity index (χ0v) is 11.0. The lowest BCUT2D eigenvalue weighted by Gasteiger charge is -2.16. The van der Waals surface area contributed by atoms with E-state index in [0.29, 0.717) is 18.7 Å². The van der Waals surface area contributed by atoms with Gasteiger partial charge in [-0.15, -0.1) is 0 Å². The summed E-state index contributed by atoms with van der Waals surface area (Å²) in [5.41, 5.74) is 1.43. The van der Waals surface area contributed by atoms with E-state index in [0.717, 1.165) is 12.0 Å². The molecule has 1 aliphatic heterocycles. The van der Waals surface area contributed by atoms with Crippen LogP contribution in [0.3, 0.4) is 0 Å². The fraction of sp³-hybridized carbons (Fsp3) is 0.267. The smallest absolute Gasteiger partial charge is 0.247 e. The van der Waals surface area contributed by atoms with Gasteiger partial charge in [0, 0.05) is 19.2 Å². The predicted octanol–water partition coefficient (Wildman–Crippen LogP) is 0.920. The van der Waals surface area contributed by atoms with E-state index in [2.05, 4.69) is 5.32 Å². The monoisotopic (exact) mass is 269 g/mol. The molecule has 1 saturated heterocycles. The molecule has 20 heavy (non-hydrogen) atoms. The fourth-order valence-electron chi connectivity index (χ4n) is 1.94. The molecule has 1 fully saturated rings. The topological polar surface area (TPSA) is 73.2 Å². The van der Waals surface area contributed by atoms with E-state index in [1.54, 1.807) is 30.3 Å². The average molecular weight is 269 g/mol. The molecule has 0 atom stereocenters. The van der Waals surface area contributed by atoms with Crippen molar-refractivity contribution in [3.8, 4) is 6.07 Å². The maximum atomic E-state index is 12.0. The molecule has 5 nitrogen and oxygen atoms in total. The van der Waals surface area contributed by atoms with Crippen molar-refractivity contribution in [2.75, 3.05) is 19.6 Å². The minimum atomic E-state index is -0.175. The Morgan fingerprint density at radius 1 is 1.35 bits per heavy atom. The summed E-state index contributed by atoms with van der Waals surface area (Å²) in [6.07, 6.45) is 3.91. The summed E-state index contributed by atoms with van der Waals surface area (Å²) in [6.45, 7) is 1.30. The lowest BCUT2D eigenvalue weighted by Crippen LogP contribution is -2.36. The number of hydrogen-bond acceptors (Lipinski definition) is 3. The molecule has 2 amide bonds. The number of benzene rings is 1. The summed E-state index contributed by atoms with van der Waals surface area (Å²) in [6, 6.07) is 8.99. The van der Waals surface area contributed by atoms with Gasteiger partial charge in [-0.05, 0) is 30.2 Å². The molecule has 0 aromatic heterocycles. The Bertz CT molecular complexity index is 570. The highest BCUT2D eigenvalue weighted by atomic mass is 16.2. The van der Waals surface area contributed by atoms with E-state index in [4.69, 9.17) is 5.26 Å². The van der Waals surface area contributed by atoms with Crippen LogP contribution in [0.1, 0.15) is 17.5 Å². The third-order valence-corrected chi connectivity index (χ3v) is 3.03. The Labute approximate surface area is 117 Å². The van der Waals surface area contributed by atoms with Crippen LogP contribution in [-0.4, -0.2) is 36.3 Å². The Morgan fingerprint density at radius 3 is 2.80 bits per heavy atom. The van der Waals surface area contributed by atoms with Gasteiger partial charge >= 0.3 is 0 Å². The normalized spacial score (nSPS) is 15.6. The largest absolute Gasteiger partial charge is 0.354 e. The van der Waals surface area contributed by atoms with Crippen molar-refractivity contribution in [1.82, 2.24) is 10.2 Å². The van der Waals surface area contributed by atoms with Crippen LogP contribution in [0.5, 0.6) is 0 Å². The van der Waals surface area contributed by atoms with Gasteiger partial charge in [0.2, 0.25) is 11.8 Å². The number of nitriles is 1. The molecule has 0 aliphatic carbocycles. The van der Waals surface area contributed by atoms with Crippen molar-refractivity contribution < 1.29 is 9.59 Å². The van der Waals surface area contributed by atoms with Crippen molar-refractivity contribution in [3.05, 3.63) is 41.5 Å². The maximum absolute atomic E-state index is 12.0. The molecule has 1 aromatic carbocycles. The fourth-order valence-corrected chi connectivity index (χ4v) is 1.94. The van der Waals surface area contributed by atoms with Gasteiger partial charge in [0.1, 0.15) is 0 Å². The first-order valence-corrected chi connectivity index (χ1v) is 6.43. The van der Waals surface area contributed by atoms with Crippen LogP contribution in [-0.2, 0) is 9.59 Å².